The van der Waals surface area contributed by atoms with Crippen LogP contribution < -0.4 is 5.73 Å². The third kappa shape index (κ3) is 2.06. The maximum atomic E-state index is 6.12. The van der Waals surface area contributed by atoms with Crippen LogP contribution in [0.2, 0.25) is 10.0 Å². The van der Waals surface area contributed by atoms with E-state index >= 15 is 0 Å². The number of nitrogens with two attached hydrogens (primary N) is 1. The molecule has 0 aliphatic carbocycles. The Kier molecular flexibility index (Phi) is 3.44. The number of aromatic nitrogens is 2. The molecule has 1 unspecified atom stereocenters. The summed E-state index contributed by atoms with van der Waals surface area (Å²) in [5.74, 6) is 0. The molecule has 2 rings (SSSR count). The number of hydrogen-bond acceptors (Lipinski definition) is 4. The minimum absolute atomic E-state index is 0.328. The Morgan fingerprint density at radius 1 is 1.38 bits per heavy atom. The molecule has 1 aromatic carbocycles. The molecule has 6 heteroatoms. The van der Waals surface area contributed by atoms with Gasteiger partial charge in [-0.15, -0.1) is 5.10 Å². The van der Waals surface area contributed by atoms with Gasteiger partial charge in [-0.05, 0) is 30.1 Å². The molecule has 0 radical (unpaired) electrons. The van der Waals surface area contributed by atoms with Crippen LogP contribution >= 0.6 is 34.7 Å². The van der Waals surface area contributed by atoms with Crippen LogP contribution in [0.3, 0.4) is 0 Å². The summed E-state index contributed by atoms with van der Waals surface area (Å²) in [4.78, 5) is 0.907. The first-order chi connectivity index (χ1) is 7.61. The minimum atomic E-state index is -0.328. The molecule has 1 heterocycles. The molecule has 1 atom stereocenters. The highest BCUT2D eigenvalue weighted by molar-refractivity contribution is 7.05. The lowest BCUT2D eigenvalue weighted by atomic mass is 10.1. The van der Waals surface area contributed by atoms with Gasteiger partial charge in [0.05, 0.1) is 26.7 Å². The predicted molar refractivity (Wildman–Crippen MR) is 67.1 cm³/mol. The molecule has 0 aliphatic heterocycles. The summed E-state index contributed by atoms with van der Waals surface area (Å²) in [5, 5.41) is 4.92. The van der Waals surface area contributed by atoms with Gasteiger partial charge in [-0.3, -0.25) is 0 Å². The van der Waals surface area contributed by atoms with Gasteiger partial charge in [-0.2, -0.15) is 0 Å². The van der Waals surface area contributed by atoms with E-state index in [1.54, 1.807) is 6.07 Å². The predicted octanol–water partition coefficient (Wildman–Crippen LogP) is 3.20. The summed E-state index contributed by atoms with van der Waals surface area (Å²) < 4.78 is 3.86. The topological polar surface area (TPSA) is 51.8 Å². The number of halogens is 2. The zero-order valence-corrected chi connectivity index (χ0v) is 10.8. The van der Waals surface area contributed by atoms with E-state index in [4.69, 9.17) is 28.9 Å². The third-order valence-electron chi connectivity index (χ3n) is 2.29. The van der Waals surface area contributed by atoms with Gasteiger partial charge in [-0.1, -0.05) is 39.8 Å². The van der Waals surface area contributed by atoms with Gasteiger partial charge in [0.15, 0.2) is 0 Å². The first-order valence-electron chi connectivity index (χ1n) is 4.59. The summed E-state index contributed by atoms with van der Waals surface area (Å²) >= 11 is 13.3. The number of rotatable bonds is 2. The van der Waals surface area contributed by atoms with Crippen molar-refractivity contribution in [1.82, 2.24) is 9.59 Å². The molecule has 2 N–H and O–H groups in total. The molecule has 16 heavy (non-hydrogen) atoms. The van der Waals surface area contributed by atoms with Crippen molar-refractivity contribution in [1.29, 1.82) is 0 Å². The molecule has 0 spiro atoms. The largest absolute Gasteiger partial charge is 0.319 e. The molecular formula is C10H9Cl2N3S. The Morgan fingerprint density at radius 3 is 2.75 bits per heavy atom. The van der Waals surface area contributed by atoms with Gasteiger partial charge < -0.3 is 5.73 Å². The molecule has 0 fully saturated rings. The summed E-state index contributed by atoms with van der Waals surface area (Å²) in [7, 11) is 0. The maximum absolute atomic E-state index is 6.12. The Labute approximate surface area is 107 Å². The standard InChI is InChI=1S/C10H9Cl2N3S/c1-5-10(16-15-14-5)9(13)6-3-2-4-7(11)8(6)12/h2-4,9H,13H2,1H3. The van der Waals surface area contributed by atoms with Crippen LogP contribution in [-0.2, 0) is 0 Å². The second-order valence-electron chi connectivity index (χ2n) is 3.34. The van der Waals surface area contributed by atoms with Crippen molar-refractivity contribution in [2.45, 2.75) is 13.0 Å². The lowest BCUT2D eigenvalue weighted by Crippen LogP contribution is -2.12. The number of benzene rings is 1. The smallest absolute Gasteiger partial charge is 0.0776 e. The Hall–Kier alpha value is -0.680. The van der Waals surface area contributed by atoms with Crippen molar-refractivity contribution < 1.29 is 0 Å². The molecule has 0 amide bonds. The fourth-order valence-corrected chi connectivity index (χ4v) is 2.51. The van der Waals surface area contributed by atoms with E-state index in [9.17, 15) is 0 Å². The monoisotopic (exact) mass is 273 g/mol. The zero-order valence-electron chi connectivity index (χ0n) is 8.45. The van der Waals surface area contributed by atoms with Crippen molar-refractivity contribution in [3.63, 3.8) is 0 Å². The van der Waals surface area contributed by atoms with E-state index in [1.165, 1.54) is 11.5 Å². The molecule has 0 aliphatic rings. The van der Waals surface area contributed by atoms with Gasteiger partial charge in [-0.25, -0.2) is 0 Å². The molecule has 0 bridgehead atoms. The maximum Gasteiger partial charge on any atom is 0.0776 e. The normalized spacial score (nSPS) is 12.8. The van der Waals surface area contributed by atoms with E-state index in [2.05, 4.69) is 9.59 Å². The van der Waals surface area contributed by atoms with Crippen LogP contribution in [-0.4, -0.2) is 9.59 Å². The van der Waals surface area contributed by atoms with Crippen molar-refractivity contribution in [2.24, 2.45) is 5.73 Å². The zero-order chi connectivity index (χ0) is 11.7. The molecule has 0 saturated heterocycles. The second kappa shape index (κ2) is 4.67. The second-order valence-corrected chi connectivity index (χ2v) is 4.91. The number of aryl methyl sites for hydroxylation is 1. The lowest BCUT2D eigenvalue weighted by molar-refractivity contribution is 0.874. The van der Waals surface area contributed by atoms with Gasteiger partial charge in [0.2, 0.25) is 0 Å². The molecule has 0 saturated carbocycles. The van der Waals surface area contributed by atoms with E-state index in [0.717, 1.165) is 16.1 Å². The Balaban J connectivity index is 2.46. The Morgan fingerprint density at radius 2 is 2.12 bits per heavy atom. The summed E-state index contributed by atoms with van der Waals surface area (Å²) in [6.07, 6.45) is 0. The fraction of sp³-hybridized carbons (Fsp3) is 0.200. The summed E-state index contributed by atoms with van der Waals surface area (Å²) in [6.45, 7) is 1.87. The highest BCUT2D eigenvalue weighted by Crippen LogP contribution is 2.33. The highest BCUT2D eigenvalue weighted by atomic mass is 35.5. The third-order valence-corrected chi connectivity index (χ3v) is 4.03. The van der Waals surface area contributed by atoms with Crippen LogP contribution in [0.15, 0.2) is 18.2 Å². The minimum Gasteiger partial charge on any atom is -0.319 e. The van der Waals surface area contributed by atoms with E-state index in [1.807, 2.05) is 19.1 Å². The number of hydrogen-bond donors (Lipinski definition) is 1. The van der Waals surface area contributed by atoms with Crippen molar-refractivity contribution in [3.8, 4) is 0 Å². The molecule has 3 nitrogen and oxygen atoms in total. The van der Waals surface area contributed by atoms with Crippen LogP contribution in [0.25, 0.3) is 0 Å². The fourth-order valence-electron chi connectivity index (χ4n) is 1.42. The van der Waals surface area contributed by atoms with Crippen LogP contribution in [0.4, 0.5) is 0 Å². The lowest BCUT2D eigenvalue weighted by Gasteiger charge is -2.12. The molecule has 1 aromatic heterocycles. The molecule has 84 valence electrons. The van der Waals surface area contributed by atoms with E-state index < -0.39 is 0 Å². The van der Waals surface area contributed by atoms with Gasteiger partial charge >= 0.3 is 0 Å². The first-order valence-corrected chi connectivity index (χ1v) is 6.12. The van der Waals surface area contributed by atoms with E-state index in [-0.39, 0.29) is 6.04 Å². The van der Waals surface area contributed by atoms with Gasteiger partial charge in [0, 0.05) is 0 Å². The highest BCUT2D eigenvalue weighted by Gasteiger charge is 2.18. The van der Waals surface area contributed by atoms with Crippen molar-refractivity contribution >= 4 is 34.7 Å². The quantitative estimate of drug-likeness (QED) is 0.914. The average molecular weight is 274 g/mol. The van der Waals surface area contributed by atoms with Gasteiger partial charge in [0.1, 0.15) is 0 Å². The summed E-state index contributed by atoms with van der Waals surface area (Å²) in [6, 6.07) is 5.09. The van der Waals surface area contributed by atoms with Crippen molar-refractivity contribution in [2.75, 3.05) is 0 Å². The van der Waals surface area contributed by atoms with Crippen molar-refractivity contribution in [3.05, 3.63) is 44.4 Å². The van der Waals surface area contributed by atoms with Crippen LogP contribution in [0, 0.1) is 6.92 Å². The van der Waals surface area contributed by atoms with Gasteiger partial charge in [0.25, 0.3) is 0 Å². The van der Waals surface area contributed by atoms with E-state index in [0.29, 0.717) is 10.0 Å². The first kappa shape index (κ1) is 11.8. The summed E-state index contributed by atoms with van der Waals surface area (Å²) in [5.41, 5.74) is 7.74. The molecule has 2 aromatic rings. The SMILES string of the molecule is Cc1nnsc1C(N)c1cccc(Cl)c1Cl. The number of nitrogens with zero attached hydrogens (tertiary/aromatic N) is 2. The molecular weight excluding hydrogens is 265 g/mol. The Bertz CT molecular complexity index is 513. The van der Waals surface area contributed by atoms with Crippen LogP contribution in [0.1, 0.15) is 22.2 Å². The average Bonchev–Trinajstić information content (AvgIpc) is 2.68. The van der Waals surface area contributed by atoms with Crippen LogP contribution in [0.5, 0.6) is 0 Å².